The van der Waals surface area contributed by atoms with Crippen molar-refractivity contribution in [3.05, 3.63) is 11.1 Å². The molecule has 0 spiro atoms. The lowest BCUT2D eigenvalue weighted by Crippen LogP contribution is -1.93. The Kier molecular flexibility index (Phi) is 2.88. The summed E-state index contributed by atoms with van der Waals surface area (Å²) in [5.74, 6) is 1.57. The molecule has 11 heavy (non-hydrogen) atoms. The molecule has 0 fully saturated rings. The zero-order valence-electron chi connectivity index (χ0n) is 6.76. The Morgan fingerprint density at radius 3 is 2.73 bits per heavy atom. The number of hydrogen-bond donors (Lipinski definition) is 1. The van der Waals surface area contributed by atoms with Crippen LogP contribution in [0.5, 0.6) is 0 Å². The Hall–Kier alpha value is -0.570. The first-order chi connectivity index (χ1) is 5.18. The van der Waals surface area contributed by atoms with E-state index in [9.17, 15) is 0 Å². The number of hydrogen-bond acceptors (Lipinski definition) is 2. The van der Waals surface area contributed by atoms with Crippen molar-refractivity contribution in [3.63, 3.8) is 0 Å². The third-order valence-electron chi connectivity index (χ3n) is 1.46. The van der Waals surface area contributed by atoms with Crippen molar-refractivity contribution in [1.82, 2.24) is 15.2 Å². The average molecular weight is 174 g/mol. The fourth-order valence-corrected chi connectivity index (χ4v) is 0.953. The van der Waals surface area contributed by atoms with Gasteiger partial charge in [0.25, 0.3) is 0 Å². The van der Waals surface area contributed by atoms with Crippen molar-refractivity contribution < 1.29 is 0 Å². The van der Waals surface area contributed by atoms with Gasteiger partial charge < -0.3 is 0 Å². The molecule has 0 unspecified atom stereocenters. The summed E-state index contributed by atoms with van der Waals surface area (Å²) < 4.78 is 0. The van der Waals surface area contributed by atoms with Gasteiger partial charge in [-0.05, 0) is 23.9 Å². The molecule has 0 aromatic carbocycles. The van der Waals surface area contributed by atoms with Crippen LogP contribution in [0.2, 0.25) is 5.28 Å². The summed E-state index contributed by atoms with van der Waals surface area (Å²) in [6.45, 7) is 4.36. The van der Waals surface area contributed by atoms with Gasteiger partial charge in [0, 0.05) is 6.42 Å². The van der Waals surface area contributed by atoms with E-state index < -0.39 is 0 Å². The molecule has 1 aromatic heterocycles. The van der Waals surface area contributed by atoms with Gasteiger partial charge in [0.05, 0.1) is 0 Å². The zero-order chi connectivity index (χ0) is 8.27. The summed E-state index contributed by atoms with van der Waals surface area (Å²) in [6, 6.07) is 0. The molecule has 0 aliphatic rings. The number of aryl methyl sites for hydroxylation is 1. The molecular formula is C7H12ClN3. The maximum Gasteiger partial charge on any atom is 0.242 e. The number of aromatic amines is 1. The molecule has 1 aromatic rings. The summed E-state index contributed by atoms with van der Waals surface area (Å²) in [4.78, 5) is 3.98. The second-order valence-electron chi connectivity index (χ2n) is 2.98. The van der Waals surface area contributed by atoms with Crippen LogP contribution in [0.1, 0.15) is 26.1 Å². The molecule has 1 rings (SSSR count). The van der Waals surface area contributed by atoms with Gasteiger partial charge >= 0.3 is 0 Å². The monoisotopic (exact) mass is 173 g/mol. The SMILES string of the molecule is CC(C)CCc1nc(Cl)n[nH]1. The molecule has 3 nitrogen and oxygen atoms in total. The Labute approximate surface area is 71.2 Å². The number of H-pyrrole nitrogens is 1. The van der Waals surface area contributed by atoms with Crippen LogP contribution in [0.3, 0.4) is 0 Å². The van der Waals surface area contributed by atoms with Gasteiger partial charge in [-0.25, -0.2) is 4.98 Å². The van der Waals surface area contributed by atoms with Crippen molar-refractivity contribution in [2.45, 2.75) is 26.7 Å². The predicted octanol–water partition coefficient (Wildman–Crippen LogP) is 2.05. The first-order valence-corrected chi connectivity index (χ1v) is 4.13. The summed E-state index contributed by atoms with van der Waals surface area (Å²) in [5, 5.41) is 6.80. The van der Waals surface area contributed by atoms with Crippen molar-refractivity contribution >= 4 is 11.6 Å². The molecule has 0 atom stereocenters. The van der Waals surface area contributed by atoms with Crippen LogP contribution in [0, 0.1) is 5.92 Å². The average Bonchev–Trinajstić information content (AvgIpc) is 2.31. The molecule has 62 valence electrons. The first-order valence-electron chi connectivity index (χ1n) is 3.75. The lowest BCUT2D eigenvalue weighted by atomic mass is 10.1. The summed E-state index contributed by atoms with van der Waals surface area (Å²) >= 11 is 5.52. The second kappa shape index (κ2) is 3.72. The van der Waals surface area contributed by atoms with Gasteiger partial charge in [-0.1, -0.05) is 13.8 Å². The Morgan fingerprint density at radius 1 is 1.55 bits per heavy atom. The number of aromatic nitrogens is 3. The van der Waals surface area contributed by atoms with Gasteiger partial charge in [-0.2, -0.15) is 0 Å². The number of rotatable bonds is 3. The molecule has 1 N–H and O–H groups in total. The lowest BCUT2D eigenvalue weighted by Gasteiger charge is -1.99. The van der Waals surface area contributed by atoms with E-state index in [2.05, 4.69) is 29.0 Å². The normalized spacial score (nSPS) is 10.9. The van der Waals surface area contributed by atoms with Gasteiger partial charge in [0.15, 0.2) is 0 Å². The largest absolute Gasteiger partial charge is 0.262 e. The Balaban J connectivity index is 2.39. The van der Waals surface area contributed by atoms with Crippen molar-refractivity contribution in [2.75, 3.05) is 0 Å². The molecule has 4 heteroatoms. The molecule has 0 radical (unpaired) electrons. The highest BCUT2D eigenvalue weighted by atomic mass is 35.5. The maximum absolute atomic E-state index is 5.52. The number of nitrogens with zero attached hydrogens (tertiary/aromatic N) is 2. The smallest absolute Gasteiger partial charge is 0.242 e. The summed E-state index contributed by atoms with van der Waals surface area (Å²) in [6.07, 6.45) is 2.04. The predicted molar refractivity (Wildman–Crippen MR) is 44.6 cm³/mol. The quantitative estimate of drug-likeness (QED) is 0.760. The van der Waals surface area contributed by atoms with E-state index in [0.717, 1.165) is 18.7 Å². The van der Waals surface area contributed by atoms with Gasteiger partial charge in [-0.15, -0.1) is 5.10 Å². The Morgan fingerprint density at radius 2 is 2.27 bits per heavy atom. The minimum Gasteiger partial charge on any atom is -0.262 e. The van der Waals surface area contributed by atoms with Crippen molar-refractivity contribution in [1.29, 1.82) is 0 Å². The minimum atomic E-state index is 0.309. The molecule has 0 aliphatic carbocycles. The lowest BCUT2D eigenvalue weighted by molar-refractivity contribution is 0.575. The zero-order valence-corrected chi connectivity index (χ0v) is 7.52. The van der Waals surface area contributed by atoms with E-state index in [4.69, 9.17) is 11.6 Å². The van der Waals surface area contributed by atoms with Crippen LogP contribution in [0.4, 0.5) is 0 Å². The molecule has 0 bridgehead atoms. The van der Waals surface area contributed by atoms with E-state index in [1.165, 1.54) is 0 Å². The number of halogens is 1. The van der Waals surface area contributed by atoms with Crippen LogP contribution >= 0.6 is 11.6 Å². The van der Waals surface area contributed by atoms with Crippen LogP contribution in [-0.2, 0) is 6.42 Å². The van der Waals surface area contributed by atoms with E-state index >= 15 is 0 Å². The number of nitrogens with one attached hydrogen (secondary N) is 1. The van der Waals surface area contributed by atoms with E-state index in [0.29, 0.717) is 11.2 Å². The van der Waals surface area contributed by atoms with Gasteiger partial charge in [0.2, 0.25) is 5.28 Å². The van der Waals surface area contributed by atoms with Crippen molar-refractivity contribution in [2.24, 2.45) is 5.92 Å². The van der Waals surface area contributed by atoms with E-state index in [1.54, 1.807) is 0 Å². The molecule has 1 heterocycles. The highest BCUT2D eigenvalue weighted by Gasteiger charge is 2.01. The van der Waals surface area contributed by atoms with Gasteiger partial charge in [-0.3, -0.25) is 5.10 Å². The van der Waals surface area contributed by atoms with Crippen LogP contribution in [0.15, 0.2) is 0 Å². The Bertz CT molecular complexity index is 219. The molecule has 0 aliphatic heterocycles. The minimum absolute atomic E-state index is 0.309. The molecular weight excluding hydrogens is 162 g/mol. The second-order valence-corrected chi connectivity index (χ2v) is 3.32. The third-order valence-corrected chi connectivity index (χ3v) is 1.63. The van der Waals surface area contributed by atoms with Crippen molar-refractivity contribution in [3.8, 4) is 0 Å². The van der Waals surface area contributed by atoms with Crippen LogP contribution in [-0.4, -0.2) is 15.2 Å². The molecule has 0 saturated carbocycles. The van der Waals surface area contributed by atoms with Crippen LogP contribution in [0.25, 0.3) is 0 Å². The topological polar surface area (TPSA) is 41.6 Å². The maximum atomic E-state index is 5.52. The highest BCUT2D eigenvalue weighted by Crippen LogP contribution is 2.06. The van der Waals surface area contributed by atoms with Crippen LogP contribution < -0.4 is 0 Å². The molecule has 0 amide bonds. The first kappa shape index (κ1) is 8.53. The van der Waals surface area contributed by atoms with E-state index in [1.807, 2.05) is 0 Å². The highest BCUT2D eigenvalue weighted by molar-refractivity contribution is 6.28. The fraction of sp³-hybridized carbons (Fsp3) is 0.714. The fourth-order valence-electron chi connectivity index (χ4n) is 0.809. The van der Waals surface area contributed by atoms with Gasteiger partial charge in [0.1, 0.15) is 5.82 Å². The summed E-state index contributed by atoms with van der Waals surface area (Å²) in [7, 11) is 0. The summed E-state index contributed by atoms with van der Waals surface area (Å²) in [5.41, 5.74) is 0. The standard InChI is InChI=1S/C7H12ClN3/c1-5(2)3-4-6-9-7(8)11-10-6/h5H,3-4H2,1-2H3,(H,9,10,11). The third kappa shape index (κ3) is 2.89. The van der Waals surface area contributed by atoms with E-state index in [-0.39, 0.29) is 0 Å². The molecule has 0 saturated heterocycles.